The number of unbranched alkanes of at least 4 members (excludes halogenated alkanes) is 10. The number of quaternary nitrogens is 1. The van der Waals surface area contributed by atoms with E-state index in [0.717, 1.165) is 32.1 Å². The second-order valence-electron chi connectivity index (χ2n) is 12.0. The maximum absolute atomic E-state index is 12.4. The number of carboxylic acid groups (broad SMARTS) is 1. The molecule has 0 aliphatic carbocycles. The fraction of sp³-hybridized carbons (Fsp3) is 0.794. The van der Waals surface area contributed by atoms with Crippen molar-refractivity contribution < 1.29 is 38.2 Å². The van der Waals surface area contributed by atoms with Crippen molar-refractivity contribution in [3.8, 4) is 0 Å². The molecule has 0 aliphatic heterocycles. The third-order valence-corrected chi connectivity index (χ3v) is 7.06. The molecule has 0 bridgehead atoms. The van der Waals surface area contributed by atoms with E-state index in [1.54, 1.807) is 21.1 Å². The molecular weight excluding hydrogens is 534 g/mol. The summed E-state index contributed by atoms with van der Waals surface area (Å²) >= 11 is 0. The molecule has 42 heavy (non-hydrogen) atoms. The summed E-state index contributed by atoms with van der Waals surface area (Å²) in [4.78, 5) is 35.7. The van der Waals surface area contributed by atoms with Crippen LogP contribution in [0.4, 0.5) is 0 Å². The van der Waals surface area contributed by atoms with Crippen LogP contribution in [0.5, 0.6) is 0 Å². The molecule has 0 heterocycles. The standard InChI is InChI=1S/C34H61NO7/c1-6-8-9-10-11-12-13-14-15-16-17-18-19-20-21-22-23-25-33(37)42-30(29-41-32(36)24-7-2)28-40-27-26-31(34(38)39)35(3,4)5/h11-12,14-15,30-31H,6-10,13,16-29H2,1-5H3/b12-11-,15-14-. The Morgan fingerprint density at radius 3 is 1.88 bits per heavy atom. The summed E-state index contributed by atoms with van der Waals surface area (Å²) in [5, 5.41) is 11.4. The highest BCUT2D eigenvalue weighted by Crippen LogP contribution is 2.12. The Bertz CT molecular complexity index is 757. The first kappa shape index (κ1) is 39.8. The van der Waals surface area contributed by atoms with E-state index in [9.17, 15) is 19.5 Å². The maximum atomic E-state index is 12.4. The van der Waals surface area contributed by atoms with Gasteiger partial charge in [-0.25, -0.2) is 0 Å². The van der Waals surface area contributed by atoms with Crippen molar-refractivity contribution in [1.29, 1.82) is 0 Å². The molecule has 0 spiro atoms. The monoisotopic (exact) mass is 595 g/mol. The number of likely N-dealkylation sites (N-methyl/N-ethyl adjacent to an activating group) is 1. The summed E-state index contributed by atoms with van der Waals surface area (Å²) in [6.07, 6.45) is 24.9. The zero-order valence-corrected chi connectivity index (χ0v) is 27.4. The number of allylic oxidation sites excluding steroid dienone is 4. The van der Waals surface area contributed by atoms with Crippen LogP contribution in [-0.4, -0.2) is 75.5 Å². The summed E-state index contributed by atoms with van der Waals surface area (Å²) in [5.41, 5.74) is 0. The molecule has 0 aliphatic rings. The number of hydrogen-bond acceptors (Lipinski definition) is 7. The molecule has 2 unspecified atom stereocenters. The molecule has 0 aromatic carbocycles. The first-order chi connectivity index (χ1) is 20.1. The van der Waals surface area contributed by atoms with E-state index in [0.29, 0.717) is 19.3 Å². The molecule has 244 valence electrons. The minimum Gasteiger partial charge on any atom is -0.544 e. The van der Waals surface area contributed by atoms with E-state index >= 15 is 0 Å². The summed E-state index contributed by atoms with van der Waals surface area (Å²) in [5.74, 6) is -1.81. The van der Waals surface area contributed by atoms with Crippen LogP contribution in [0, 0.1) is 0 Å². The number of esters is 2. The van der Waals surface area contributed by atoms with Gasteiger partial charge < -0.3 is 28.6 Å². The van der Waals surface area contributed by atoms with E-state index in [2.05, 4.69) is 31.2 Å². The molecule has 8 heteroatoms. The first-order valence-corrected chi connectivity index (χ1v) is 16.4. The van der Waals surface area contributed by atoms with Crippen LogP contribution in [0.2, 0.25) is 0 Å². The highest BCUT2D eigenvalue weighted by Gasteiger charge is 2.25. The Labute approximate surface area is 256 Å². The minimum atomic E-state index is -1.13. The third kappa shape index (κ3) is 24.4. The SMILES string of the molecule is CCCCC/C=C\C/C=C\CCCCCCCCCC(=O)OC(COCCC(C(=O)[O-])[N+](C)(C)C)COC(=O)CCC. The Kier molecular flexibility index (Phi) is 25.1. The van der Waals surface area contributed by atoms with Gasteiger partial charge in [-0.15, -0.1) is 0 Å². The van der Waals surface area contributed by atoms with Crippen molar-refractivity contribution in [1.82, 2.24) is 0 Å². The largest absolute Gasteiger partial charge is 0.544 e. The lowest BCUT2D eigenvalue weighted by Gasteiger charge is -2.34. The van der Waals surface area contributed by atoms with Gasteiger partial charge in [0.1, 0.15) is 12.6 Å². The van der Waals surface area contributed by atoms with Gasteiger partial charge in [-0.3, -0.25) is 9.59 Å². The van der Waals surface area contributed by atoms with Crippen molar-refractivity contribution in [3.63, 3.8) is 0 Å². The number of carbonyl (C=O) groups is 3. The number of nitrogens with zero attached hydrogens (tertiary/aromatic N) is 1. The van der Waals surface area contributed by atoms with Crippen LogP contribution < -0.4 is 5.11 Å². The van der Waals surface area contributed by atoms with E-state index in [1.807, 2.05) is 6.92 Å². The third-order valence-electron chi connectivity index (χ3n) is 7.06. The quantitative estimate of drug-likeness (QED) is 0.0468. The fourth-order valence-corrected chi connectivity index (χ4v) is 4.49. The van der Waals surface area contributed by atoms with Gasteiger partial charge in [-0.2, -0.15) is 0 Å². The van der Waals surface area contributed by atoms with Crippen molar-refractivity contribution in [2.75, 3.05) is 41.0 Å². The zero-order valence-electron chi connectivity index (χ0n) is 27.4. The second-order valence-corrected chi connectivity index (χ2v) is 12.0. The van der Waals surface area contributed by atoms with Gasteiger partial charge >= 0.3 is 11.9 Å². The number of carboxylic acids is 1. The van der Waals surface area contributed by atoms with E-state index in [1.165, 1.54) is 51.4 Å². The second kappa shape index (κ2) is 26.4. The van der Waals surface area contributed by atoms with Crippen LogP contribution in [-0.2, 0) is 28.6 Å². The molecular formula is C34H61NO7. The fourth-order valence-electron chi connectivity index (χ4n) is 4.49. The van der Waals surface area contributed by atoms with Crippen molar-refractivity contribution >= 4 is 17.9 Å². The summed E-state index contributed by atoms with van der Waals surface area (Å²) in [7, 11) is 5.36. The number of ether oxygens (including phenoxy) is 3. The van der Waals surface area contributed by atoms with Crippen LogP contribution in [0.1, 0.15) is 123 Å². The molecule has 8 nitrogen and oxygen atoms in total. The smallest absolute Gasteiger partial charge is 0.306 e. The van der Waals surface area contributed by atoms with E-state index in [4.69, 9.17) is 14.2 Å². The maximum Gasteiger partial charge on any atom is 0.306 e. The van der Waals surface area contributed by atoms with Crippen molar-refractivity contribution in [2.24, 2.45) is 0 Å². The van der Waals surface area contributed by atoms with Crippen LogP contribution >= 0.6 is 0 Å². The summed E-state index contributed by atoms with van der Waals surface area (Å²) in [6.45, 7) is 4.24. The molecule has 0 radical (unpaired) electrons. The van der Waals surface area contributed by atoms with Gasteiger partial charge in [0.05, 0.1) is 40.3 Å². The van der Waals surface area contributed by atoms with Gasteiger partial charge in [0.15, 0.2) is 6.10 Å². The normalized spacial score (nSPS) is 13.5. The molecule has 0 aromatic heterocycles. The highest BCUT2D eigenvalue weighted by atomic mass is 16.6. The minimum absolute atomic E-state index is 0.0347. The summed E-state index contributed by atoms with van der Waals surface area (Å²) < 4.78 is 16.6. The zero-order chi connectivity index (χ0) is 31.5. The predicted molar refractivity (Wildman–Crippen MR) is 167 cm³/mol. The highest BCUT2D eigenvalue weighted by molar-refractivity contribution is 5.70. The molecule has 0 saturated heterocycles. The predicted octanol–water partition coefficient (Wildman–Crippen LogP) is 6.07. The summed E-state index contributed by atoms with van der Waals surface area (Å²) in [6, 6.07) is -0.720. The molecule has 2 atom stereocenters. The number of hydrogen-bond donors (Lipinski definition) is 0. The molecule has 0 rings (SSSR count). The Balaban J connectivity index is 4.14. The number of rotatable bonds is 28. The molecule has 0 aromatic rings. The van der Waals surface area contributed by atoms with Crippen LogP contribution in [0.15, 0.2) is 24.3 Å². The average molecular weight is 596 g/mol. The average Bonchev–Trinajstić information content (AvgIpc) is 2.92. The topological polar surface area (TPSA) is 102 Å². The van der Waals surface area contributed by atoms with E-state index in [-0.39, 0.29) is 42.7 Å². The Morgan fingerprint density at radius 1 is 0.714 bits per heavy atom. The van der Waals surface area contributed by atoms with Gasteiger partial charge in [-0.1, -0.05) is 83.1 Å². The van der Waals surface area contributed by atoms with Crippen molar-refractivity contribution in [3.05, 3.63) is 24.3 Å². The molecule has 0 N–H and O–H groups in total. The van der Waals surface area contributed by atoms with Crippen LogP contribution in [0.25, 0.3) is 0 Å². The van der Waals surface area contributed by atoms with Crippen LogP contribution in [0.3, 0.4) is 0 Å². The molecule has 0 fully saturated rings. The number of aliphatic carboxylic acids is 1. The first-order valence-electron chi connectivity index (χ1n) is 16.4. The number of carbonyl (C=O) groups excluding carboxylic acids is 3. The van der Waals surface area contributed by atoms with Gasteiger partial charge in [0.2, 0.25) is 0 Å². The van der Waals surface area contributed by atoms with E-state index < -0.39 is 18.1 Å². The lowest BCUT2D eigenvalue weighted by molar-refractivity contribution is -0.889. The molecule has 0 saturated carbocycles. The van der Waals surface area contributed by atoms with Gasteiger partial charge in [0, 0.05) is 19.3 Å². The Morgan fingerprint density at radius 2 is 1.31 bits per heavy atom. The van der Waals surface area contributed by atoms with Gasteiger partial charge in [-0.05, 0) is 44.9 Å². The lowest BCUT2D eigenvalue weighted by atomic mass is 10.1. The van der Waals surface area contributed by atoms with Gasteiger partial charge in [0.25, 0.3) is 0 Å². The molecule has 0 amide bonds. The Hall–Kier alpha value is -2.19. The van der Waals surface area contributed by atoms with Crippen molar-refractivity contribution in [2.45, 2.75) is 135 Å². The lowest BCUT2D eigenvalue weighted by Crippen LogP contribution is -2.55.